The van der Waals surface area contributed by atoms with Crippen molar-refractivity contribution >= 4 is 5.82 Å². The normalized spacial score (nSPS) is 10.5. The number of ether oxygens (including phenoxy) is 1. The minimum absolute atomic E-state index is 0.673. The predicted molar refractivity (Wildman–Crippen MR) is 68.0 cm³/mol. The van der Waals surface area contributed by atoms with E-state index in [4.69, 9.17) is 4.74 Å². The number of nitrogens with one attached hydrogen (secondary N) is 1. The standard InChI is InChI=1S/C13H22N2O/c1-4-16-12-8-6-10-15-13(12)14-9-5-7-11(2)3/h6,8,10-11H,4-5,7,9H2,1-3H3,(H,14,15). The van der Waals surface area contributed by atoms with Crippen molar-refractivity contribution in [3.05, 3.63) is 18.3 Å². The summed E-state index contributed by atoms with van der Waals surface area (Å²) in [4.78, 5) is 4.28. The lowest BCUT2D eigenvalue weighted by atomic mass is 10.1. The topological polar surface area (TPSA) is 34.1 Å². The van der Waals surface area contributed by atoms with Gasteiger partial charge in [0.05, 0.1) is 6.61 Å². The number of anilines is 1. The molecule has 0 aliphatic heterocycles. The minimum atomic E-state index is 0.673. The van der Waals surface area contributed by atoms with Crippen LogP contribution in [0, 0.1) is 5.92 Å². The van der Waals surface area contributed by atoms with Gasteiger partial charge in [0.2, 0.25) is 0 Å². The molecule has 1 aromatic rings. The Balaban J connectivity index is 2.40. The van der Waals surface area contributed by atoms with Crippen LogP contribution in [0.5, 0.6) is 5.75 Å². The van der Waals surface area contributed by atoms with Gasteiger partial charge in [-0.1, -0.05) is 13.8 Å². The SMILES string of the molecule is CCOc1cccnc1NCCCC(C)C. The van der Waals surface area contributed by atoms with Crippen molar-refractivity contribution in [2.45, 2.75) is 33.6 Å². The summed E-state index contributed by atoms with van der Waals surface area (Å²) < 4.78 is 5.49. The highest BCUT2D eigenvalue weighted by molar-refractivity contribution is 5.49. The molecule has 0 saturated carbocycles. The van der Waals surface area contributed by atoms with Crippen LogP contribution in [0.15, 0.2) is 18.3 Å². The zero-order valence-electron chi connectivity index (χ0n) is 10.5. The van der Waals surface area contributed by atoms with Gasteiger partial charge in [-0.05, 0) is 37.8 Å². The average molecular weight is 222 g/mol. The Hall–Kier alpha value is -1.25. The van der Waals surface area contributed by atoms with Crippen molar-refractivity contribution in [1.82, 2.24) is 4.98 Å². The molecule has 0 radical (unpaired) electrons. The van der Waals surface area contributed by atoms with Crippen molar-refractivity contribution in [2.75, 3.05) is 18.5 Å². The molecular weight excluding hydrogens is 200 g/mol. The van der Waals surface area contributed by atoms with Crippen LogP contribution in [0.3, 0.4) is 0 Å². The summed E-state index contributed by atoms with van der Waals surface area (Å²) in [5.74, 6) is 2.46. The van der Waals surface area contributed by atoms with E-state index in [1.165, 1.54) is 12.8 Å². The Labute approximate surface area is 98.2 Å². The van der Waals surface area contributed by atoms with E-state index in [9.17, 15) is 0 Å². The molecule has 1 N–H and O–H groups in total. The van der Waals surface area contributed by atoms with Crippen molar-refractivity contribution in [2.24, 2.45) is 5.92 Å². The van der Waals surface area contributed by atoms with E-state index in [1.807, 2.05) is 19.1 Å². The zero-order chi connectivity index (χ0) is 11.8. The molecule has 1 rings (SSSR count). The monoisotopic (exact) mass is 222 g/mol. The Morgan fingerprint density at radius 3 is 2.94 bits per heavy atom. The molecule has 0 aliphatic rings. The summed E-state index contributed by atoms with van der Waals surface area (Å²) in [6.45, 7) is 8.09. The lowest BCUT2D eigenvalue weighted by molar-refractivity contribution is 0.340. The third-order valence-electron chi connectivity index (χ3n) is 2.32. The van der Waals surface area contributed by atoms with E-state index in [0.717, 1.165) is 24.0 Å². The van der Waals surface area contributed by atoms with Crippen molar-refractivity contribution in [3.8, 4) is 5.75 Å². The predicted octanol–water partition coefficient (Wildman–Crippen LogP) is 3.33. The van der Waals surface area contributed by atoms with Crippen LogP contribution in [0.1, 0.15) is 33.6 Å². The second-order valence-corrected chi connectivity index (χ2v) is 4.25. The van der Waals surface area contributed by atoms with Crippen molar-refractivity contribution in [1.29, 1.82) is 0 Å². The molecule has 0 fully saturated rings. The van der Waals surface area contributed by atoms with E-state index in [1.54, 1.807) is 6.20 Å². The van der Waals surface area contributed by atoms with Crippen LogP contribution >= 0.6 is 0 Å². The number of rotatable bonds is 7. The lowest BCUT2D eigenvalue weighted by Crippen LogP contribution is -2.06. The Morgan fingerprint density at radius 2 is 2.25 bits per heavy atom. The van der Waals surface area contributed by atoms with Gasteiger partial charge in [-0.3, -0.25) is 0 Å². The van der Waals surface area contributed by atoms with Gasteiger partial charge in [0.25, 0.3) is 0 Å². The largest absolute Gasteiger partial charge is 0.490 e. The van der Waals surface area contributed by atoms with Gasteiger partial charge >= 0.3 is 0 Å². The molecule has 0 atom stereocenters. The molecule has 3 heteroatoms. The van der Waals surface area contributed by atoms with Gasteiger partial charge in [0.15, 0.2) is 11.6 Å². The Kier molecular flexibility index (Phi) is 5.68. The summed E-state index contributed by atoms with van der Waals surface area (Å²) >= 11 is 0. The van der Waals surface area contributed by atoms with E-state index >= 15 is 0 Å². The van der Waals surface area contributed by atoms with Crippen LogP contribution in [-0.4, -0.2) is 18.1 Å². The van der Waals surface area contributed by atoms with Gasteiger partial charge in [0.1, 0.15) is 0 Å². The number of hydrogen-bond donors (Lipinski definition) is 1. The maximum absolute atomic E-state index is 5.49. The molecule has 0 unspecified atom stereocenters. The molecule has 3 nitrogen and oxygen atoms in total. The van der Waals surface area contributed by atoms with E-state index in [2.05, 4.69) is 24.1 Å². The summed E-state index contributed by atoms with van der Waals surface area (Å²) in [6.07, 6.45) is 4.19. The van der Waals surface area contributed by atoms with E-state index in [-0.39, 0.29) is 0 Å². The Bertz CT molecular complexity index is 300. The smallest absolute Gasteiger partial charge is 0.168 e. The molecule has 90 valence electrons. The lowest BCUT2D eigenvalue weighted by Gasteiger charge is -2.11. The number of nitrogens with zero attached hydrogens (tertiary/aromatic N) is 1. The molecule has 0 amide bonds. The second-order valence-electron chi connectivity index (χ2n) is 4.25. The molecule has 0 saturated heterocycles. The van der Waals surface area contributed by atoms with Crippen LogP contribution in [0.2, 0.25) is 0 Å². The fourth-order valence-corrected chi connectivity index (χ4v) is 1.51. The molecular formula is C13H22N2O. The highest BCUT2D eigenvalue weighted by atomic mass is 16.5. The molecule has 0 bridgehead atoms. The second kappa shape index (κ2) is 7.09. The van der Waals surface area contributed by atoms with Gasteiger partial charge in [0, 0.05) is 12.7 Å². The fraction of sp³-hybridized carbons (Fsp3) is 0.615. The van der Waals surface area contributed by atoms with Crippen LogP contribution < -0.4 is 10.1 Å². The number of pyridine rings is 1. The van der Waals surface area contributed by atoms with Gasteiger partial charge in [-0.2, -0.15) is 0 Å². The molecule has 0 aromatic carbocycles. The zero-order valence-corrected chi connectivity index (χ0v) is 10.5. The maximum Gasteiger partial charge on any atom is 0.168 e. The van der Waals surface area contributed by atoms with Crippen molar-refractivity contribution < 1.29 is 4.74 Å². The number of aromatic nitrogens is 1. The minimum Gasteiger partial charge on any atom is -0.490 e. The summed E-state index contributed by atoms with van der Waals surface area (Å²) in [7, 11) is 0. The third kappa shape index (κ3) is 4.51. The highest BCUT2D eigenvalue weighted by Crippen LogP contribution is 2.20. The van der Waals surface area contributed by atoms with Gasteiger partial charge in [-0.15, -0.1) is 0 Å². The fourth-order valence-electron chi connectivity index (χ4n) is 1.51. The first-order valence-corrected chi connectivity index (χ1v) is 6.05. The number of hydrogen-bond acceptors (Lipinski definition) is 3. The highest BCUT2D eigenvalue weighted by Gasteiger charge is 2.02. The Morgan fingerprint density at radius 1 is 1.44 bits per heavy atom. The first kappa shape index (κ1) is 12.8. The average Bonchev–Trinajstić information content (AvgIpc) is 2.26. The van der Waals surface area contributed by atoms with Crippen LogP contribution in [0.4, 0.5) is 5.82 Å². The van der Waals surface area contributed by atoms with Gasteiger partial charge in [-0.25, -0.2) is 4.98 Å². The summed E-state index contributed by atoms with van der Waals surface area (Å²) in [5, 5.41) is 3.32. The summed E-state index contributed by atoms with van der Waals surface area (Å²) in [6, 6.07) is 3.84. The van der Waals surface area contributed by atoms with Crippen LogP contribution in [-0.2, 0) is 0 Å². The maximum atomic E-state index is 5.49. The van der Waals surface area contributed by atoms with E-state index < -0.39 is 0 Å². The molecule has 1 heterocycles. The van der Waals surface area contributed by atoms with Crippen molar-refractivity contribution in [3.63, 3.8) is 0 Å². The first-order valence-electron chi connectivity index (χ1n) is 6.05. The van der Waals surface area contributed by atoms with Crippen LogP contribution in [0.25, 0.3) is 0 Å². The molecule has 16 heavy (non-hydrogen) atoms. The molecule has 0 spiro atoms. The third-order valence-corrected chi connectivity index (χ3v) is 2.32. The molecule has 0 aliphatic carbocycles. The van der Waals surface area contributed by atoms with Gasteiger partial charge < -0.3 is 10.1 Å². The summed E-state index contributed by atoms with van der Waals surface area (Å²) in [5.41, 5.74) is 0. The molecule has 1 aromatic heterocycles. The first-order chi connectivity index (χ1) is 7.74. The quantitative estimate of drug-likeness (QED) is 0.718. The van der Waals surface area contributed by atoms with E-state index in [0.29, 0.717) is 6.61 Å².